The Kier molecular flexibility index (Phi) is 9.31. The first-order chi connectivity index (χ1) is 21.5. The fourth-order valence-corrected chi connectivity index (χ4v) is 12.7. The molecule has 0 radical (unpaired) electrons. The zero-order valence-corrected chi connectivity index (χ0v) is 29.8. The number of hydrogen-bond acceptors (Lipinski definition) is 6. The second-order valence-corrected chi connectivity index (χ2v) is 17.0. The molecule has 5 aliphatic carbocycles. The van der Waals surface area contributed by atoms with Crippen LogP contribution in [-0.4, -0.2) is 36.7 Å². The molecule has 5 saturated carbocycles. The van der Waals surface area contributed by atoms with E-state index in [0.717, 1.165) is 64.2 Å². The molecule has 0 aliphatic heterocycles. The third kappa shape index (κ3) is 5.14. The molecule has 12 atom stereocenters. The molecule has 0 aromatic rings. The number of ether oxygens (including phenoxy) is 3. The Bertz CT molecular complexity index is 1270. The molecular formula is C40H60O6. The lowest BCUT2D eigenvalue weighted by Crippen LogP contribution is -2.68. The van der Waals surface area contributed by atoms with Crippen LogP contribution in [0.15, 0.2) is 37.5 Å². The van der Waals surface area contributed by atoms with E-state index in [2.05, 4.69) is 54.4 Å². The maximum Gasteiger partial charge on any atom is 0.312 e. The monoisotopic (exact) mass is 636 g/mol. The van der Waals surface area contributed by atoms with Gasteiger partial charge in [-0.15, -0.1) is 6.58 Å². The summed E-state index contributed by atoms with van der Waals surface area (Å²) >= 11 is 0. The van der Waals surface area contributed by atoms with Gasteiger partial charge in [0.1, 0.15) is 18.8 Å². The predicted molar refractivity (Wildman–Crippen MR) is 180 cm³/mol. The highest BCUT2D eigenvalue weighted by Crippen LogP contribution is 2.77. The normalized spacial score (nSPS) is 45.0. The van der Waals surface area contributed by atoms with Crippen molar-refractivity contribution in [2.75, 3.05) is 6.61 Å². The van der Waals surface area contributed by atoms with E-state index in [0.29, 0.717) is 24.2 Å². The Morgan fingerprint density at radius 2 is 1.54 bits per heavy atom. The maximum absolute atomic E-state index is 14.3. The summed E-state index contributed by atoms with van der Waals surface area (Å²) in [5, 5.41) is 0. The number of fused-ring (bicyclic) bond motifs is 7. The Labute approximate surface area is 278 Å². The van der Waals surface area contributed by atoms with Gasteiger partial charge < -0.3 is 14.2 Å². The molecule has 0 spiro atoms. The summed E-state index contributed by atoms with van der Waals surface area (Å²) < 4.78 is 17.9. The van der Waals surface area contributed by atoms with E-state index in [1.54, 1.807) is 12.2 Å². The lowest BCUT2D eigenvalue weighted by atomic mass is 9.32. The van der Waals surface area contributed by atoms with Gasteiger partial charge >= 0.3 is 17.9 Å². The van der Waals surface area contributed by atoms with Gasteiger partial charge in [-0.05, 0) is 117 Å². The van der Waals surface area contributed by atoms with Crippen LogP contribution in [0.5, 0.6) is 0 Å². The van der Waals surface area contributed by atoms with Gasteiger partial charge in [0.05, 0.1) is 5.41 Å². The fourth-order valence-electron chi connectivity index (χ4n) is 12.7. The summed E-state index contributed by atoms with van der Waals surface area (Å²) in [5.41, 5.74) is 0.439. The van der Waals surface area contributed by atoms with E-state index in [9.17, 15) is 14.4 Å². The highest BCUT2D eigenvalue weighted by molar-refractivity contribution is 5.78. The van der Waals surface area contributed by atoms with Crippen molar-refractivity contribution in [1.82, 2.24) is 0 Å². The van der Waals surface area contributed by atoms with Gasteiger partial charge in [0.15, 0.2) is 0 Å². The molecule has 5 fully saturated rings. The quantitative estimate of drug-likeness (QED) is 0.143. The first-order valence-electron chi connectivity index (χ1n) is 17.9. The summed E-state index contributed by atoms with van der Waals surface area (Å²) in [4.78, 5) is 38.5. The van der Waals surface area contributed by atoms with Crippen LogP contribution in [0.3, 0.4) is 0 Å². The second-order valence-electron chi connectivity index (χ2n) is 17.0. The van der Waals surface area contributed by atoms with Crippen molar-refractivity contribution < 1.29 is 28.6 Å². The van der Waals surface area contributed by atoms with E-state index in [4.69, 9.17) is 14.2 Å². The van der Waals surface area contributed by atoms with Crippen molar-refractivity contribution in [2.45, 2.75) is 131 Å². The van der Waals surface area contributed by atoms with Gasteiger partial charge in [-0.3, -0.25) is 14.4 Å². The molecule has 5 rings (SSSR count). The smallest absolute Gasteiger partial charge is 0.312 e. The number of carbonyl (C=O) groups excluding carboxylic acids is 3. The number of rotatable bonds is 9. The SMILES string of the molecule is C=CCC(C=C)OC(=O)[C@]12CC[C@@H](C(=C)C)C1C1CCC3[C@@]4(C)CC[C@H](OC(C)=O)[C@@](C)(COC(C)=O)C4CC[C@@]3(C)[C@]1(C)CC2. The minimum atomic E-state index is -0.481. The number of hydrogen-bond donors (Lipinski definition) is 0. The van der Waals surface area contributed by atoms with Crippen molar-refractivity contribution in [3.8, 4) is 0 Å². The van der Waals surface area contributed by atoms with Crippen LogP contribution in [0, 0.1) is 56.7 Å². The Morgan fingerprint density at radius 3 is 2.15 bits per heavy atom. The average Bonchev–Trinajstić information content (AvgIpc) is 3.39. The van der Waals surface area contributed by atoms with Crippen LogP contribution in [-0.2, 0) is 28.6 Å². The fraction of sp³-hybridized carbons (Fsp3) is 0.775. The van der Waals surface area contributed by atoms with Crippen LogP contribution in [0.25, 0.3) is 0 Å². The van der Waals surface area contributed by atoms with Gasteiger partial charge in [0.25, 0.3) is 0 Å². The molecule has 256 valence electrons. The molecule has 0 aromatic carbocycles. The van der Waals surface area contributed by atoms with Gasteiger partial charge in [0.2, 0.25) is 0 Å². The lowest BCUT2D eigenvalue weighted by Gasteiger charge is -2.72. The largest absolute Gasteiger partial charge is 0.465 e. The average molecular weight is 637 g/mol. The summed E-state index contributed by atoms with van der Waals surface area (Å²) in [5.74, 6) is 1.10. The second kappa shape index (κ2) is 12.3. The maximum atomic E-state index is 14.3. The van der Waals surface area contributed by atoms with Crippen molar-refractivity contribution in [3.05, 3.63) is 37.5 Å². The first-order valence-corrected chi connectivity index (χ1v) is 17.9. The molecule has 0 bridgehead atoms. The number of allylic oxidation sites excluding steroid dienone is 1. The van der Waals surface area contributed by atoms with Gasteiger partial charge in [0, 0.05) is 25.7 Å². The van der Waals surface area contributed by atoms with Gasteiger partial charge in [-0.25, -0.2) is 0 Å². The third-order valence-corrected chi connectivity index (χ3v) is 15.0. The number of carbonyl (C=O) groups is 3. The van der Waals surface area contributed by atoms with Crippen LogP contribution < -0.4 is 0 Å². The van der Waals surface area contributed by atoms with Gasteiger partial charge in [-0.1, -0.05) is 58.6 Å². The highest BCUT2D eigenvalue weighted by atomic mass is 16.6. The Morgan fingerprint density at radius 1 is 0.826 bits per heavy atom. The summed E-state index contributed by atoms with van der Waals surface area (Å²) in [6, 6.07) is 0. The van der Waals surface area contributed by atoms with Crippen molar-refractivity contribution in [1.29, 1.82) is 0 Å². The minimum Gasteiger partial charge on any atom is -0.465 e. The summed E-state index contributed by atoms with van der Waals surface area (Å²) in [7, 11) is 0. The summed E-state index contributed by atoms with van der Waals surface area (Å²) in [6.45, 7) is 27.5. The molecule has 6 nitrogen and oxygen atoms in total. The highest BCUT2D eigenvalue weighted by Gasteiger charge is 2.72. The van der Waals surface area contributed by atoms with E-state index in [-0.39, 0.29) is 64.8 Å². The Hall–Kier alpha value is -2.37. The molecular weight excluding hydrogens is 576 g/mol. The molecule has 5 unspecified atom stereocenters. The number of esters is 3. The lowest BCUT2D eigenvalue weighted by molar-refractivity contribution is -0.258. The molecule has 0 heterocycles. The zero-order chi connectivity index (χ0) is 33.9. The van der Waals surface area contributed by atoms with Crippen LogP contribution in [0.2, 0.25) is 0 Å². The van der Waals surface area contributed by atoms with E-state index < -0.39 is 10.8 Å². The predicted octanol–water partition coefficient (Wildman–Crippen LogP) is 8.79. The van der Waals surface area contributed by atoms with Crippen molar-refractivity contribution in [2.24, 2.45) is 56.7 Å². The molecule has 0 aromatic heterocycles. The zero-order valence-electron chi connectivity index (χ0n) is 29.8. The van der Waals surface area contributed by atoms with Gasteiger partial charge in [-0.2, -0.15) is 0 Å². The Balaban J connectivity index is 1.51. The van der Waals surface area contributed by atoms with E-state index in [1.807, 2.05) is 0 Å². The minimum absolute atomic E-state index is 0.0191. The van der Waals surface area contributed by atoms with Crippen LogP contribution in [0.4, 0.5) is 0 Å². The van der Waals surface area contributed by atoms with Crippen molar-refractivity contribution >= 4 is 17.9 Å². The standard InChI is InChI=1S/C40H60O6/c1-11-13-28(12-2)46-35(43)40-21-16-29(25(3)4)34(40)30-14-15-32-36(7)19-18-33(45-27(6)42)37(8,24-44-26(5)41)31(36)17-20-39(32,10)38(30,9)22-23-40/h11-12,28-34H,1-3,13-24H2,4-10H3/t28?,29-,30?,31?,32?,33-,34?,36-,37-,38+,39+,40-/m0/s1. The molecule has 0 amide bonds. The van der Waals surface area contributed by atoms with Crippen molar-refractivity contribution in [3.63, 3.8) is 0 Å². The van der Waals surface area contributed by atoms with Crippen LogP contribution in [0.1, 0.15) is 119 Å². The van der Waals surface area contributed by atoms with E-state index >= 15 is 0 Å². The molecule has 5 aliphatic rings. The molecule has 6 heteroatoms. The molecule has 0 N–H and O–H groups in total. The van der Waals surface area contributed by atoms with Crippen LogP contribution >= 0.6 is 0 Å². The molecule has 46 heavy (non-hydrogen) atoms. The topological polar surface area (TPSA) is 78.9 Å². The first kappa shape index (κ1) is 35.0. The van der Waals surface area contributed by atoms with E-state index in [1.165, 1.54) is 19.4 Å². The molecule has 0 saturated heterocycles. The summed E-state index contributed by atoms with van der Waals surface area (Å²) in [6.07, 6.45) is 13.3. The third-order valence-electron chi connectivity index (χ3n) is 15.0.